The van der Waals surface area contributed by atoms with Crippen LogP contribution in [0.15, 0.2) is 102 Å². The van der Waals surface area contributed by atoms with Crippen molar-refractivity contribution in [3.8, 4) is 28.3 Å². The van der Waals surface area contributed by atoms with Crippen LogP contribution in [0.5, 0.6) is 0 Å². The van der Waals surface area contributed by atoms with Crippen molar-refractivity contribution in [1.82, 2.24) is 14.5 Å². The summed E-state index contributed by atoms with van der Waals surface area (Å²) in [6.45, 7) is 22.3. The third-order valence-corrected chi connectivity index (χ3v) is 12.3. The summed E-state index contributed by atoms with van der Waals surface area (Å²) in [6, 6.07) is 36.6. The number of rotatable bonds is 7. The van der Waals surface area contributed by atoms with Gasteiger partial charge in [0.05, 0.1) is 30.5 Å². The van der Waals surface area contributed by atoms with E-state index in [1.807, 2.05) is 54.6 Å². The molecule has 0 spiro atoms. The molecule has 3 heterocycles. The van der Waals surface area contributed by atoms with Gasteiger partial charge in [-0.25, -0.2) is 0 Å². The number of nitrogens with zero attached hydrogens (tertiary/aromatic N) is 3. The van der Waals surface area contributed by atoms with E-state index in [1.165, 1.54) is 22.4 Å². The van der Waals surface area contributed by atoms with E-state index in [0.29, 0.717) is 39.8 Å². The molecule has 0 saturated carbocycles. The molecular weight excluding hydrogens is 886 g/mol. The number of para-hydroxylation sites is 2. The molecule has 0 N–H and O–H groups in total. The predicted octanol–water partition coefficient (Wildman–Crippen LogP) is 12.9. The Morgan fingerprint density at radius 3 is 2.23 bits per heavy atom. The minimum atomic E-state index is -1.34. The van der Waals surface area contributed by atoms with Crippen molar-refractivity contribution in [2.24, 2.45) is 5.92 Å². The van der Waals surface area contributed by atoms with Gasteiger partial charge < -0.3 is 14.0 Å². The summed E-state index contributed by atoms with van der Waals surface area (Å²) in [4.78, 5) is 9.70. The van der Waals surface area contributed by atoms with Gasteiger partial charge in [0.25, 0.3) is 0 Å². The molecule has 1 radical (unpaired) electrons. The number of benzene rings is 5. The average molecular weight is 936 g/mol. The van der Waals surface area contributed by atoms with Crippen LogP contribution in [0, 0.1) is 44.6 Å². The Balaban J connectivity index is 0.000000217. The molecule has 8 aromatic rings. The normalized spacial score (nSPS) is 11.7. The molecule has 0 aliphatic carbocycles. The van der Waals surface area contributed by atoms with Gasteiger partial charge in [0.1, 0.15) is 5.58 Å². The first kappa shape index (κ1) is 41.0. The fourth-order valence-corrected chi connectivity index (χ4v) is 9.34. The van der Waals surface area contributed by atoms with E-state index in [9.17, 15) is 0 Å². The zero-order valence-electron chi connectivity index (χ0n) is 34.1. The number of hydrogen-bond acceptors (Lipinski definition) is 3. The number of fused-ring (bicyclic) bond motifs is 4. The maximum absolute atomic E-state index is 15.2. The number of pyridine rings is 1. The van der Waals surface area contributed by atoms with Gasteiger partial charge in [0.15, 0.2) is 0 Å². The summed E-state index contributed by atoms with van der Waals surface area (Å²) < 4.78 is 23.7. The van der Waals surface area contributed by atoms with E-state index >= 15 is 4.39 Å². The maximum Gasteiger partial charge on any atom is 0.121 e. The number of aromatic nitrogens is 3. The Morgan fingerprint density at radius 1 is 0.857 bits per heavy atom. The zero-order chi connectivity index (χ0) is 39.2. The molecule has 0 bridgehead atoms. The van der Waals surface area contributed by atoms with Gasteiger partial charge in [0, 0.05) is 43.2 Å². The molecule has 0 atom stereocenters. The summed E-state index contributed by atoms with van der Waals surface area (Å²) in [6.07, 6.45) is 3.24. The molecular formula is C49H50FIrN3OSi-2. The van der Waals surface area contributed by atoms with Crippen molar-refractivity contribution >= 4 is 46.2 Å². The Bertz CT molecular complexity index is 2650. The van der Waals surface area contributed by atoms with E-state index in [-0.39, 0.29) is 25.9 Å². The standard InChI is InChI=1S/C31H26FN2O.C18H24NSi.Ir/c1-17(2)21-10-11-22-27(16-21)35-30-23(12-13-24(32)28(22)30)31-33-25-8-6-7-9-26(25)34(31)29-19(4)14-18(3)15-20(29)5;1-14(2)11-16-12-17(15-9-7-6-8-10-15)19-13-18(16)20(3,4)5;/h6-11,13-17H,1-5H3;6-9,12-14H,11H2,1-5H3;/q2*-1;. The summed E-state index contributed by atoms with van der Waals surface area (Å²) >= 11 is 0. The largest absolute Gasteiger partial charge is 0.500 e. The summed E-state index contributed by atoms with van der Waals surface area (Å²) in [5.41, 5.74) is 13.0. The number of hydrogen-bond donors (Lipinski definition) is 0. The molecule has 289 valence electrons. The monoisotopic (exact) mass is 936 g/mol. The second kappa shape index (κ2) is 16.4. The Hall–Kier alpha value is -4.68. The summed E-state index contributed by atoms with van der Waals surface area (Å²) in [5, 5.41) is 2.73. The third-order valence-electron chi connectivity index (χ3n) is 10.2. The fraction of sp³-hybridized carbons (Fsp3) is 0.265. The van der Waals surface area contributed by atoms with Crippen LogP contribution < -0.4 is 5.19 Å². The molecule has 4 nitrogen and oxygen atoms in total. The average Bonchev–Trinajstić information content (AvgIpc) is 3.71. The van der Waals surface area contributed by atoms with Gasteiger partial charge in [0.2, 0.25) is 0 Å². The first-order valence-corrected chi connectivity index (χ1v) is 22.8. The number of aryl methyl sites for hydroxylation is 3. The number of imidazole rings is 1. The van der Waals surface area contributed by atoms with Crippen LogP contribution in [0.2, 0.25) is 19.6 Å². The summed E-state index contributed by atoms with van der Waals surface area (Å²) in [5.74, 6) is 1.36. The predicted molar refractivity (Wildman–Crippen MR) is 231 cm³/mol. The van der Waals surface area contributed by atoms with Crippen molar-refractivity contribution in [2.45, 2.75) is 80.4 Å². The molecule has 0 aliphatic rings. The molecule has 7 heteroatoms. The Morgan fingerprint density at radius 2 is 1.57 bits per heavy atom. The van der Waals surface area contributed by atoms with Crippen molar-refractivity contribution in [3.05, 3.63) is 143 Å². The van der Waals surface area contributed by atoms with E-state index in [1.54, 1.807) is 0 Å². The Labute approximate surface area is 345 Å². The van der Waals surface area contributed by atoms with Gasteiger partial charge >= 0.3 is 0 Å². The van der Waals surface area contributed by atoms with Gasteiger partial charge in [-0.15, -0.1) is 48.0 Å². The molecule has 56 heavy (non-hydrogen) atoms. The van der Waals surface area contributed by atoms with Crippen molar-refractivity contribution in [2.75, 3.05) is 0 Å². The Kier molecular flexibility index (Phi) is 12.0. The SMILES string of the molecule is CC(C)Cc1cc(-c2[c-]cccc2)ncc1[Si](C)(C)C.Cc1cc(C)c(-n2c(-c3[c-]cc(F)c4c3oc3cc(C(C)C)ccc34)nc3ccccc32)c(C)c1.[Ir]. The van der Waals surface area contributed by atoms with Gasteiger partial charge in [-0.3, -0.25) is 9.37 Å². The second-order valence-corrected chi connectivity index (χ2v) is 21.6. The first-order chi connectivity index (χ1) is 26.2. The molecule has 0 saturated heterocycles. The van der Waals surface area contributed by atoms with Crippen LogP contribution in [-0.2, 0) is 26.5 Å². The minimum absolute atomic E-state index is 0. The van der Waals surface area contributed by atoms with Crippen molar-refractivity contribution < 1.29 is 28.9 Å². The molecule has 5 aromatic carbocycles. The third kappa shape index (κ3) is 8.09. The van der Waals surface area contributed by atoms with Gasteiger partial charge in [-0.2, -0.15) is 0 Å². The van der Waals surface area contributed by atoms with Crippen LogP contribution in [0.4, 0.5) is 4.39 Å². The van der Waals surface area contributed by atoms with Crippen LogP contribution in [0.25, 0.3) is 61.3 Å². The number of furan rings is 1. The zero-order valence-corrected chi connectivity index (χ0v) is 37.5. The van der Waals surface area contributed by atoms with Crippen LogP contribution >= 0.6 is 0 Å². The summed E-state index contributed by atoms with van der Waals surface area (Å²) in [7, 11) is -1.34. The number of halogens is 1. The van der Waals surface area contributed by atoms with Crippen molar-refractivity contribution in [1.29, 1.82) is 0 Å². The fourth-order valence-electron chi connectivity index (χ4n) is 7.75. The van der Waals surface area contributed by atoms with E-state index < -0.39 is 8.07 Å². The van der Waals surface area contributed by atoms with Crippen LogP contribution in [0.3, 0.4) is 0 Å². The molecule has 3 aromatic heterocycles. The topological polar surface area (TPSA) is 43.9 Å². The minimum Gasteiger partial charge on any atom is -0.500 e. The quantitative estimate of drug-likeness (QED) is 0.118. The maximum atomic E-state index is 15.2. The van der Waals surface area contributed by atoms with Crippen molar-refractivity contribution in [3.63, 3.8) is 0 Å². The van der Waals surface area contributed by atoms with Gasteiger partial charge in [-0.1, -0.05) is 106 Å². The smallest absolute Gasteiger partial charge is 0.121 e. The van der Waals surface area contributed by atoms with E-state index in [2.05, 4.69) is 126 Å². The van der Waals surface area contributed by atoms with Crippen LogP contribution in [-0.4, -0.2) is 22.6 Å². The van der Waals surface area contributed by atoms with E-state index in [4.69, 9.17) is 9.40 Å². The van der Waals surface area contributed by atoms with Crippen LogP contribution in [0.1, 0.15) is 61.4 Å². The molecule has 8 rings (SSSR count). The second-order valence-electron chi connectivity index (χ2n) is 16.6. The van der Waals surface area contributed by atoms with E-state index in [0.717, 1.165) is 56.5 Å². The van der Waals surface area contributed by atoms with Gasteiger partial charge in [-0.05, 0) is 90.2 Å². The molecule has 0 unspecified atom stereocenters. The first-order valence-electron chi connectivity index (χ1n) is 19.3. The molecule has 0 fully saturated rings. The molecule has 0 amide bonds. The molecule has 0 aliphatic heterocycles.